The second-order valence-electron chi connectivity index (χ2n) is 7.93. The first-order chi connectivity index (χ1) is 14.8. The zero-order valence-corrected chi connectivity index (χ0v) is 22.1. The summed E-state index contributed by atoms with van der Waals surface area (Å²) in [6.07, 6.45) is 2.69. The summed E-state index contributed by atoms with van der Waals surface area (Å²) < 4.78 is 18.0. The minimum absolute atomic E-state index is 0. The first kappa shape index (κ1) is 28.6. The van der Waals surface area contributed by atoms with Gasteiger partial charge in [-0.1, -0.05) is 26.8 Å². The zero-order chi connectivity index (χ0) is 23.0. The van der Waals surface area contributed by atoms with Gasteiger partial charge in [0, 0.05) is 36.6 Å². The molecule has 0 bridgehead atoms. The zero-order valence-electron chi connectivity index (χ0n) is 21.1. The number of hydrogen-bond acceptors (Lipinski definition) is 4. The van der Waals surface area contributed by atoms with Crippen molar-refractivity contribution in [2.24, 2.45) is 0 Å². The smallest absolute Gasteiger partial charge is 0.186 e. The van der Waals surface area contributed by atoms with Crippen LogP contribution >= 0.6 is 8.58 Å². The summed E-state index contributed by atoms with van der Waals surface area (Å²) in [7, 11) is -0.0840. The fraction of sp³-hybridized carbons (Fsp3) is 0.500. The van der Waals surface area contributed by atoms with E-state index in [-0.39, 0.29) is 33.0 Å². The number of carbonyl (C=O) groups is 1. The summed E-state index contributed by atoms with van der Waals surface area (Å²) in [5, 5.41) is 0.827. The normalized spacial score (nSPS) is 10.8. The van der Waals surface area contributed by atoms with Crippen LogP contribution in [0.4, 0.5) is 0 Å². The van der Waals surface area contributed by atoms with E-state index in [9.17, 15) is 4.79 Å². The molecule has 2 rings (SSSR count). The predicted molar refractivity (Wildman–Crippen MR) is 137 cm³/mol. The van der Waals surface area contributed by atoms with Crippen molar-refractivity contribution in [3.63, 3.8) is 0 Å². The Hall–Kier alpha value is -1.46. The van der Waals surface area contributed by atoms with Crippen molar-refractivity contribution in [2.45, 2.75) is 67.7 Å². The van der Waals surface area contributed by atoms with Crippen molar-refractivity contribution in [3.8, 4) is 17.2 Å². The molecule has 0 aromatic heterocycles. The third-order valence-corrected chi connectivity index (χ3v) is 6.48. The summed E-state index contributed by atoms with van der Waals surface area (Å²) in [6.45, 7) is 16.2. The van der Waals surface area contributed by atoms with Crippen LogP contribution in [0.15, 0.2) is 18.2 Å². The molecule has 0 aliphatic heterocycles. The van der Waals surface area contributed by atoms with Gasteiger partial charge in [-0.05, 0) is 77.8 Å². The maximum atomic E-state index is 13.5. The van der Waals surface area contributed by atoms with Gasteiger partial charge in [-0.15, -0.1) is 0 Å². The van der Waals surface area contributed by atoms with Crippen molar-refractivity contribution >= 4 is 38.3 Å². The van der Waals surface area contributed by atoms with E-state index in [1.165, 1.54) is 11.1 Å². The SMILES string of the molecule is CCCOc1cc(OCCC)c(PC(=O)c2c(C)cc(C)c(C)c2C)c(OCCC)c1.[Li]. The van der Waals surface area contributed by atoms with Crippen molar-refractivity contribution in [1.29, 1.82) is 0 Å². The Morgan fingerprint density at radius 1 is 0.750 bits per heavy atom. The number of hydrogen-bond donors (Lipinski definition) is 0. The number of aryl methyl sites for hydroxylation is 2. The molecule has 2 aromatic rings. The molecule has 0 amide bonds. The molecular formula is C26H37LiO4P. The van der Waals surface area contributed by atoms with Gasteiger partial charge < -0.3 is 14.2 Å². The van der Waals surface area contributed by atoms with E-state index in [4.69, 9.17) is 14.2 Å². The second kappa shape index (κ2) is 13.9. The third kappa shape index (κ3) is 7.28. The van der Waals surface area contributed by atoms with E-state index >= 15 is 0 Å². The average molecular weight is 451 g/mol. The van der Waals surface area contributed by atoms with Crippen LogP contribution in [-0.2, 0) is 0 Å². The molecule has 0 saturated carbocycles. The number of rotatable bonds is 12. The van der Waals surface area contributed by atoms with Gasteiger partial charge >= 0.3 is 0 Å². The van der Waals surface area contributed by atoms with Gasteiger partial charge in [0.25, 0.3) is 0 Å². The molecule has 6 heteroatoms. The Balaban J connectivity index is 0.00000512. The molecule has 0 saturated heterocycles. The van der Waals surface area contributed by atoms with E-state index < -0.39 is 0 Å². The molecule has 0 spiro atoms. The minimum Gasteiger partial charge on any atom is -0.493 e. The van der Waals surface area contributed by atoms with Crippen LogP contribution in [0.1, 0.15) is 72.6 Å². The summed E-state index contributed by atoms with van der Waals surface area (Å²) >= 11 is 0. The van der Waals surface area contributed by atoms with Gasteiger partial charge in [0.2, 0.25) is 0 Å². The molecule has 0 aliphatic carbocycles. The largest absolute Gasteiger partial charge is 0.493 e. The van der Waals surface area contributed by atoms with Crippen LogP contribution in [0, 0.1) is 27.7 Å². The number of ether oxygens (including phenoxy) is 3. The molecule has 0 aliphatic rings. The fourth-order valence-corrected chi connectivity index (χ4v) is 4.73. The molecule has 1 atom stereocenters. The van der Waals surface area contributed by atoms with E-state index in [1.807, 2.05) is 26.0 Å². The number of carbonyl (C=O) groups excluding carboxylic acids is 1. The summed E-state index contributed by atoms with van der Waals surface area (Å²) in [6, 6.07) is 5.91. The average Bonchev–Trinajstić information content (AvgIpc) is 2.74. The predicted octanol–water partition coefficient (Wildman–Crippen LogP) is 6.05. The Morgan fingerprint density at radius 3 is 1.75 bits per heavy atom. The van der Waals surface area contributed by atoms with Crippen LogP contribution in [0.3, 0.4) is 0 Å². The van der Waals surface area contributed by atoms with Crippen LogP contribution in [-0.4, -0.2) is 44.2 Å². The van der Waals surface area contributed by atoms with E-state index in [0.29, 0.717) is 31.3 Å². The first-order valence-corrected chi connectivity index (χ1v) is 12.3. The molecule has 2 aromatic carbocycles. The van der Waals surface area contributed by atoms with Crippen LogP contribution < -0.4 is 19.5 Å². The van der Waals surface area contributed by atoms with Crippen LogP contribution in [0.25, 0.3) is 0 Å². The van der Waals surface area contributed by atoms with Crippen LogP contribution in [0.5, 0.6) is 17.2 Å². The molecule has 4 nitrogen and oxygen atoms in total. The quantitative estimate of drug-likeness (QED) is 0.291. The van der Waals surface area contributed by atoms with Crippen molar-refractivity contribution < 1.29 is 19.0 Å². The van der Waals surface area contributed by atoms with Gasteiger partial charge in [-0.2, -0.15) is 0 Å². The minimum atomic E-state index is -0.0840. The Morgan fingerprint density at radius 2 is 1.25 bits per heavy atom. The van der Waals surface area contributed by atoms with Gasteiger partial charge in [-0.3, -0.25) is 4.79 Å². The van der Waals surface area contributed by atoms with Gasteiger partial charge in [0.05, 0.1) is 25.1 Å². The Kier molecular flexibility index (Phi) is 12.4. The molecular weight excluding hydrogens is 414 g/mol. The topological polar surface area (TPSA) is 44.8 Å². The molecule has 0 fully saturated rings. The molecule has 0 N–H and O–H groups in total. The maximum absolute atomic E-state index is 13.5. The monoisotopic (exact) mass is 451 g/mol. The first-order valence-electron chi connectivity index (χ1n) is 11.3. The van der Waals surface area contributed by atoms with Crippen LogP contribution in [0.2, 0.25) is 0 Å². The van der Waals surface area contributed by atoms with Crippen molar-refractivity contribution in [1.82, 2.24) is 0 Å². The Labute approximate surface area is 207 Å². The molecule has 0 heterocycles. The summed E-state index contributed by atoms with van der Waals surface area (Å²) in [5.74, 6) is 2.10. The fourth-order valence-electron chi connectivity index (χ4n) is 3.45. The van der Waals surface area contributed by atoms with Crippen molar-refractivity contribution in [2.75, 3.05) is 19.8 Å². The molecule has 1 radical (unpaired) electrons. The molecule has 1 unspecified atom stereocenters. The van der Waals surface area contributed by atoms with E-state index in [1.54, 1.807) is 0 Å². The molecule has 171 valence electrons. The Bertz CT molecular complexity index is 882. The second-order valence-corrected chi connectivity index (χ2v) is 9.13. The van der Waals surface area contributed by atoms with Crippen molar-refractivity contribution in [3.05, 3.63) is 46.0 Å². The summed E-state index contributed by atoms with van der Waals surface area (Å²) in [5.41, 5.74) is 5.40. The van der Waals surface area contributed by atoms with E-state index in [0.717, 1.165) is 47.0 Å². The van der Waals surface area contributed by atoms with Gasteiger partial charge in [0.1, 0.15) is 17.2 Å². The number of benzene rings is 2. The molecule has 32 heavy (non-hydrogen) atoms. The third-order valence-electron chi connectivity index (χ3n) is 5.26. The van der Waals surface area contributed by atoms with E-state index in [2.05, 4.69) is 40.7 Å². The standard InChI is InChI=1S/C26H37O4P.Li/c1-8-11-28-21-15-22(29-12-9-2)25(23(16-21)30-13-10-3)31-26(27)24-18(5)14-17(4)19(6)20(24)7;/h14-16,31H,8-13H2,1-7H3;. The summed E-state index contributed by atoms with van der Waals surface area (Å²) in [4.78, 5) is 13.5. The van der Waals surface area contributed by atoms with Gasteiger partial charge in [-0.25, -0.2) is 0 Å². The maximum Gasteiger partial charge on any atom is 0.186 e. The van der Waals surface area contributed by atoms with Gasteiger partial charge in [0.15, 0.2) is 5.52 Å².